The highest BCUT2D eigenvalue weighted by atomic mass is 16.5. The number of para-hydroxylation sites is 1. The van der Waals surface area contributed by atoms with Crippen molar-refractivity contribution < 1.29 is 13.9 Å². The van der Waals surface area contributed by atoms with Crippen molar-refractivity contribution in [2.45, 2.75) is 6.92 Å². The van der Waals surface area contributed by atoms with Crippen LogP contribution in [0.25, 0.3) is 22.2 Å². The average molecular weight is 472 g/mol. The zero-order chi connectivity index (χ0) is 24.4. The maximum absolute atomic E-state index is 12.8. The van der Waals surface area contributed by atoms with Crippen molar-refractivity contribution >= 4 is 39.8 Å². The SMILES string of the molecule is CNc1ccccc1-c1ccnc(Nc2ccc3c(N4CCOCC4)c(C(C)=O)c(=O)oc3c2)n1. The molecule has 9 nitrogen and oxygen atoms in total. The fraction of sp³-hybridized carbons (Fsp3) is 0.231. The Kier molecular flexibility index (Phi) is 6.15. The number of nitrogens with one attached hydrogen (secondary N) is 2. The Labute approximate surface area is 201 Å². The molecule has 1 aliphatic heterocycles. The van der Waals surface area contributed by atoms with Gasteiger partial charge in [-0.15, -0.1) is 0 Å². The van der Waals surface area contributed by atoms with Crippen LogP contribution in [0, 0.1) is 0 Å². The molecule has 1 aliphatic rings. The molecule has 0 saturated carbocycles. The second-order valence-corrected chi connectivity index (χ2v) is 8.17. The van der Waals surface area contributed by atoms with E-state index < -0.39 is 5.63 Å². The summed E-state index contributed by atoms with van der Waals surface area (Å²) in [7, 11) is 1.87. The molecule has 3 heterocycles. The summed E-state index contributed by atoms with van der Waals surface area (Å²) < 4.78 is 11.0. The number of anilines is 4. The number of carbonyl (C=O) groups excluding carboxylic acids is 1. The first kappa shape index (κ1) is 22.5. The summed E-state index contributed by atoms with van der Waals surface area (Å²) in [6, 6.07) is 15.2. The van der Waals surface area contributed by atoms with Crippen molar-refractivity contribution in [1.82, 2.24) is 9.97 Å². The predicted octanol–water partition coefficient (Wildman–Crippen LogP) is 4.07. The highest BCUT2D eigenvalue weighted by molar-refractivity contribution is 6.07. The van der Waals surface area contributed by atoms with Gasteiger partial charge in [-0.2, -0.15) is 0 Å². The minimum atomic E-state index is -0.648. The van der Waals surface area contributed by atoms with Crippen molar-refractivity contribution in [3.63, 3.8) is 0 Å². The summed E-state index contributed by atoms with van der Waals surface area (Å²) in [5.74, 6) is 0.0836. The standard InChI is InChI=1S/C26H25N5O4/c1-16(32)23-24(31-11-13-34-14-12-31)19-8-7-17(15-22(19)35-25(23)33)29-26-28-10-9-21(30-26)18-5-3-4-6-20(18)27-2/h3-10,15,27H,11-14H2,1-2H3,(H,28,29,30). The first-order valence-electron chi connectivity index (χ1n) is 11.4. The summed E-state index contributed by atoms with van der Waals surface area (Å²) in [6.07, 6.45) is 1.69. The quantitative estimate of drug-likeness (QED) is 0.318. The Morgan fingerprint density at radius 2 is 1.89 bits per heavy atom. The van der Waals surface area contributed by atoms with E-state index in [-0.39, 0.29) is 11.3 Å². The summed E-state index contributed by atoms with van der Waals surface area (Å²) in [5, 5.41) is 7.06. The first-order valence-corrected chi connectivity index (χ1v) is 11.4. The van der Waals surface area contributed by atoms with E-state index in [1.165, 1.54) is 6.92 Å². The number of Topliss-reactive ketones (excluding diaryl/α,β-unsaturated/α-hetero) is 1. The third kappa shape index (κ3) is 4.45. The topological polar surface area (TPSA) is 110 Å². The molecule has 0 spiro atoms. The normalized spacial score (nSPS) is 13.6. The molecule has 178 valence electrons. The van der Waals surface area contributed by atoms with Gasteiger partial charge in [0.05, 0.1) is 24.6 Å². The number of hydrogen-bond donors (Lipinski definition) is 2. The number of ketones is 1. The lowest BCUT2D eigenvalue weighted by molar-refractivity contribution is 0.101. The first-order chi connectivity index (χ1) is 17.0. The largest absolute Gasteiger partial charge is 0.422 e. The number of hydrogen-bond acceptors (Lipinski definition) is 9. The van der Waals surface area contributed by atoms with Gasteiger partial charge in [0.15, 0.2) is 5.78 Å². The second kappa shape index (κ2) is 9.55. The van der Waals surface area contributed by atoms with Crippen molar-refractivity contribution in [3.8, 4) is 11.3 Å². The molecule has 2 N–H and O–H groups in total. The fourth-order valence-corrected chi connectivity index (χ4v) is 4.31. The van der Waals surface area contributed by atoms with Crippen LogP contribution < -0.4 is 21.2 Å². The van der Waals surface area contributed by atoms with Crippen LogP contribution in [-0.2, 0) is 4.74 Å². The summed E-state index contributed by atoms with van der Waals surface area (Å²) in [4.78, 5) is 36.1. The van der Waals surface area contributed by atoms with E-state index in [0.717, 1.165) is 16.9 Å². The third-order valence-corrected chi connectivity index (χ3v) is 5.94. The minimum absolute atomic E-state index is 0.0688. The molecule has 1 saturated heterocycles. The number of rotatable bonds is 6. The highest BCUT2D eigenvalue weighted by Gasteiger charge is 2.24. The van der Waals surface area contributed by atoms with Gasteiger partial charge in [0, 0.05) is 54.7 Å². The monoisotopic (exact) mass is 471 g/mol. The molecule has 2 aromatic carbocycles. The molecule has 2 aromatic heterocycles. The molecule has 5 rings (SSSR count). The fourth-order valence-electron chi connectivity index (χ4n) is 4.31. The molecule has 9 heteroatoms. The number of aromatic nitrogens is 2. The number of ether oxygens (including phenoxy) is 1. The van der Waals surface area contributed by atoms with Crippen LogP contribution in [-0.4, -0.2) is 49.1 Å². The lowest BCUT2D eigenvalue weighted by Crippen LogP contribution is -2.38. The van der Waals surface area contributed by atoms with Gasteiger partial charge in [0.25, 0.3) is 0 Å². The number of carbonyl (C=O) groups is 1. The molecule has 1 fully saturated rings. The lowest BCUT2D eigenvalue weighted by atomic mass is 10.1. The number of benzene rings is 2. The molecule has 0 bridgehead atoms. The molecule has 0 atom stereocenters. The van der Waals surface area contributed by atoms with E-state index in [2.05, 4.69) is 20.6 Å². The molecule has 0 unspecified atom stereocenters. The summed E-state index contributed by atoms with van der Waals surface area (Å²) in [6.45, 7) is 3.63. The zero-order valence-electron chi connectivity index (χ0n) is 19.5. The second-order valence-electron chi connectivity index (χ2n) is 8.17. The van der Waals surface area contributed by atoms with Gasteiger partial charge in [-0.1, -0.05) is 18.2 Å². The average Bonchev–Trinajstić information content (AvgIpc) is 2.88. The Morgan fingerprint density at radius 1 is 1.09 bits per heavy atom. The van der Waals surface area contributed by atoms with E-state index in [1.807, 2.05) is 54.4 Å². The Hall–Kier alpha value is -4.24. The minimum Gasteiger partial charge on any atom is -0.422 e. The predicted molar refractivity (Wildman–Crippen MR) is 136 cm³/mol. The number of fused-ring (bicyclic) bond motifs is 1. The van der Waals surface area contributed by atoms with Gasteiger partial charge in [0.1, 0.15) is 11.1 Å². The molecular formula is C26H25N5O4. The molecule has 0 aliphatic carbocycles. The molecule has 4 aromatic rings. The number of nitrogens with zero attached hydrogens (tertiary/aromatic N) is 3. The highest BCUT2D eigenvalue weighted by Crippen LogP contribution is 2.32. The van der Waals surface area contributed by atoms with Crippen LogP contribution >= 0.6 is 0 Å². The van der Waals surface area contributed by atoms with Gasteiger partial charge < -0.3 is 24.7 Å². The van der Waals surface area contributed by atoms with Gasteiger partial charge >= 0.3 is 5.63 Å². The van der Waals surface area contributed by atoms with E-state index in [4.69, 9.17) is 9.15 Å². The van der Waals surface area contributed by atoms with Crippen LogP contribution in [0.3, 0.4) is 0 Å². The van der Waals surface area contributed by atoms with Gasteiger partial charge in [0.2, 0.25) is 5.95 Å². The van der Waals surface area contributed by atoms with Gasteiger partial charge in [-0.25, -0.2) is 14.8 Å². The number of morpholine rings is 1. The van der Waals surface area contributed by atoms with Gasteiger partial charge in [-0.3, -0.25) is 4.79 Å². The van der Waals surface area contributed by atoms with Crippen molar-refractivity contribution in [1.29, 1.82) is 0 Å². The maximum atomic E-state index is 12.8. The smallest absolute Gasteiger partial charge is 0.349 e. The summed E-state index contributed by atoms with van der Waals surface area (Å²) >= 11 is 0. The third-order valence-electron chi connectivity index (χ3n) is 5.94. The summed E-state index contributed by atoms with van der Waals surface area (Å²) in [5.41, 5.74) is 3.73. The van der Waals surface area contributed by atoms with Crippen molar-refractivity contribution in [2.24, 2.45) is 0 Å². The lowest BCUT2D eigenvalue weighted by Gasteiger charge is -2.30. The van der Waals surface area contributed by atoms with Crippen LogP contribution in [0.1, 0.15) is 17.3 Å². The van der Waals surface area contributed by atoms with Gasteiger partial charge in [-0.05, 0) is 31.2 Å². The molecule has 0 amide bonds. The molecule has 35 heavy (non-hydrogen) atoms. The van der Waals surface area contributed by atoms with E-state index >= 15 is 0 Å². The van der Waals surface area contributed by atoms with E-state index in [9.17, 15) is 9.59 Å². The van der Waals surface area contributed by atoms with Crippen LogP contribution in [0.15, 0.2) is 63.9 Å². The zero-order valence-corrected chi connectivity index (χ0v) is 19.5. The van der Waals surface area contributed by atoms with Crippen molar-refractivity contribution in [2.75, 3.05) is 48.9 Å². The van der Waals surface area contributed by atoms with E-state index in [1.54, 1.807) is 12.3 Å². The Balaban J connectivity index is 1.53. The Bertz CT molecular complexity index is 1460. The maximum Gasteiger partial charge on any atom is 0.349 e. The molecular weight excluding hydrogens is 446 g/mol. The Morgan fingerprint density at radius 3 is 2.66 bits per heavy atom. The van der Waals surface area contributed by atoms with E-state index in [0.29, 0.717) is 54.6 Å². The van der Waals surface area contributed by atoms with Crippen LogP contribution in [0.4, 0.5) is 23.0 Å². The molecule has 0 radical (unpaired) electrons. The van der Waals surface area contributed by atoms with Crippen LogP contribution in [0.5, 0.6) is 0 Å². The van der Waals surface area contributed by atoms with Crippen LogP contribution in [0.2, 0.25) is 0 Å². The van der Waals surface area contributed by atoms with Crippen molar-refractivity contribution in [3.05, 3.63) is 70.7 Å².